The predicted octanol–water partition coefficient (Wildman–Crippen LogP) is 3.50. The van der Waals surface area contributed by atoms with Crippen molar-refractivity contribution in [3.05, 3.63) is 29.3 Å². The third-order valence-corrected chi connectivity index (χ3v) is 4.10. The first-order valence-corrected chi connectivity index (χ1v) is 6.18. The fourth-order valence-corrected chi connectivity index (χ4v) is 3.15. The number of halogens is 1. The minimum atomic E-state index is 0.338. The Balaban J connectivity index is 1.92. The van der Waals surface area contributed by atoms with Crippen LogP contribution in [0.2, 0.25) is 0 Å². The molecule has 0 saturated heterocycles. The molecule has 1 saturated carbocycles. The van der Waals surface area contributed by atoms with Gasteiger partial charge < -0.3 is 4.74 Å². The Hall–Kier alpha value is -0.690. The lowest BCUT2D eigenvalue weighted by atomic mass is 9.95. The summed E-state index contributed by atoms with van der Waals surface area (Å²) in [7, 11) is 0. The van der Waals surface area contributed by atoms with Crippen LogP contribution in [0.5, 0.6) is 5.75 Å². The molecule has 1 aliphatic heterocycles. The van der Waals surface area contributed by atoms with E-state index in [2.05, 4.69) is 18.2 Å². The van der Waals surface area contributed by atoms with E-state index in [1.165, 1.54) is 30.4 Å². The first kappa shape index (κ1) is 9.53. The summed E-state index contributed by atoms with van der Waals surface area (Å²) in [6.07, 6.45) is 4.74. The molecule has 1 nitrogen and oxygen atoms in total. The van der Waals surface area contributed by atoms with Crippen LogP contribution >= 0.6 is 11.6 Å². The Morgan fingerprint density at radius 2 is 2.20 bits per heavy atom. The van der Waals surface area contributed by atoms with Gasteiger partial charge in [0.05, 0.1) is 6.61 Å². The highest BCUT2D eigenvalue weighted by atomic mass is 35.5. The Morgan fingerprint density at radius 1 is 1.27 bits per heavy atom. The van der Waals surface area contributed by atoms with Crippen molar-refractivity contribution in [1.82, 2.24) is 0 Å². The van der Waals surface area contributed by atoms with Gasteiger partial charge in [-0.15, -0.1) is 11.6 Å². The molecule has 1 heterocycles. The van der Waals surface area contributed by atoms with Crippen molar-refractivity contribution < 1.29 is 4.74 Å². The number of hydrogen-bond donors (Lipinski definition) is 0. The van der Waals surface area contributed by atoms with E-state index in [1.54, 1.807) is 0 Å². The van der Waals surface area contributed by atoms with E-state index in [-0.39, 0.29) is 0 Å². The fraction of sp³-hybridized carbons (Fsp3) is 0.538. The molecule has 0 spiro atoms. The SMILES string of the molecule is ClC1CCCC1c1ccc2c(c1)CCO2. The molecule has 3 rings (SSSR count). The first-order chi connectivity index (χ1) is 7.34. The van der Waals surface area contributed by atoms with Crippen LogP contribution in [0.4, 0.5) is 0 Å². The average Bonchev–Trinajstić information content (AvgIpc) is 2.84. The van der Waals surface area contributed by atoms with E-state index in [4.69, 9.17) is 16.3 Å². The Labute approximate surface area is 95.4 Å². The topological polar surface area (TPSA) is 9.23 Å². The zero-order chi connectivity index (χ0) is 10.3. The van der Waals surface area contributed by atoms with Crippen LogP contribution in [0.3, 0.4) is 0 Å². The molecule has 1 aromatic rings. The maximum absolute atomic E-state index is 6.33. The second-order valence-electron chi connectivity index (χ2n) is 4.52. The molecule has 0 aromatic heterocycles. The molecule has 0 bridgehead atoms. The summed E-state index contributed by atoms with van der Waals surface area (Å²) >= 11 is 6.33. The van der Waals surface area contributed by atoms with E-state index < -0.39 is 0 Å². The van der Waals surface area contributed by atoms with Crippen molar-refractivity contribution >= 4 is 11.6 Å². The number of hydrogen-bond acceptors (Lipinski definition) is 1. The van der Waals surface area contributed by atoms with Crippen molar-refractivity contribution in [3.63, 3.8) is 0 Å². The van der Waals surface area contributed by atoms with Crippen LogP contribution < -0.4 is 4.74 Å². The smallest absolute Gasteiger partial charge is 0.122 e. The van der Waals surface area contributed by atoms with Gasteiger partial charge in [0.1, 0.15) is 5.75 Å². The Morgan fingerprint density at radius 3 is 3.00 bits per heavy atom. The third kappa shape index (κ3) is 1.63. The zero-order valence-electron chi connectivity index (χ0n) is 8.71. The number of fused-ring (bicyclic) bond motifs is 1. The molecule has 2 unspecified atom stereocenters. The Bertz CT molecular complexity index is 375. The van der Waals surface area contributed by atoms with Gasteiger partial charge in [-0.1, -0.05) is 18.6 Å². The summed E-state index contributed by atoms with van der Waals surface area (Å²) < 4.78 is 5.51. The molecule has 2 aliphatic rings. The molecule has 2 atom stereocenters. The predicted molar refractivity (Wildman–Crippen MR) is 61.9 cm³/mol. The molecule has 0 N–H and O–H groups in total. The standard InChI is InChI=1S/C13H15ClO/c14-12-3-1-2-11(12)9-4-5-13-10(8-9)6-7-15-13/h4-5,8,11-12H,1-3,6-7H2. The van der Waals surface area contributed by atoms with Gasteiger partial charge in [0.2, 0.25) is 0 Å². The van der Waals surface area contributed by atoms with Gasteiger partial charge in [0.15, 0.2) is 0 Å². The summed E-state index contributed by atoms with van der Waals surface area (Å²) in [6, 6.07) is 6.60. The molecule has 0 radical (unpaired) electrons. The average molecular weight is 223 g/mol. The Kier molecular flexibility index (Phi) is 2.36. The lowest BCUT2D eigenvalue weighted by Gasteiger charge is -2.14. The van der Waals surface area contributed by atoms with Crippen molar-refractivity contribution in [2.45, 2.75) is 37.0 Å². The number of benzene rings is 1. The highest BCUT2D eigenvalue weighted by Gasteiger charge is 2.27. The second kappa shape index (κ2) is 3.71. The minimum Gasteiger partial charge on any atom is -0.493 e. The van der Waals surface area contributed by atoms with Gasteiger partial charge in [-0.2, -0.15) is 0 Å². The third-order valence-electron chi connectivity index (χ3n) is 3.57. The summed E-state index contributed by atoms with van der Waals surface area (Å²) in [5.41, 5.74) is 2.78. The molecule has 2 heteroatoms. The van der Waals surface area contributed by atoms with Crippen LogP contribution in [0.15, 0.2) is 18.2 Å². The quantitative estimate of drug-likeness (QED) is 0.661. The van der Waals surface area contributed by atoms with Crippen LogP contribution in [-0.2, 0) is 6.42 Å². The van der Waals surface area contributed by atoms with Crippen LogP contribution in [0.25, 0.3) is 0 Å². The highest BCUT2D eigenvalue weighted by Crippen LogP contribution is 2.40. The molecular formula is C13H15ClO. The zero-order valence-corrected chi connectivity index (χ0v) is 9.46. The van der Waals surface area contributed by atoms with Crippen molar-refractivity contribution in [2.75, 3.05) is 6.61 Å². The lowest BCUT2D eigenvalue weighted by molar-refractivity contribution is 0.357. The van der Waals surface area contributed by atoms with E-state index in [0.29, 0.717) is 11.3 Å². The van der Waals surface area contributed by atoms with Gasteiger partial charge in [-0.25, -0.2) is 0 Å². The van der Waals surface area contributed by atoms with Gasteiger partial charge in [-0.3, -0.25) is 0 Å². The van der Waals surface area contributed by atoms with Crippen molar-refractivity contribution in [3.8, 4) is 5.75 Å². The number of rotatable bonds is 1. The fourth-order valence-electron chi connectivity index (χ4n) is 2.73. The van der Waals surface area contributed by atoms with E-state index in [9.17, 15) is 0 Å². The van der Waals surface area contributed by atoms with E-state index >= 15 is 0 Å². The summed E-state index contributed by atoms with van der Waals surface area (Å²) in [6.45, 7) is 0.841. The van der Waals surface area contributed by atoms with Crippen LogP contribution in [0.1, 0.15) is 36.3 Å². The van der Waals surface area contributed by atoms with Gasteiger partial charge in [0.25, 0.3) is 0 Å². The van der Waals surface area contributed by atoms with E-state index in [0.717, 1.165) is 18.8 Å². The molecule has 80 valence electrons. The van der Waals surface area contributed by atoms with E-state index in [1.807, 2.05) is 0 Å². The molecular weight excluding hydrogens is 208 g/mol. The summed E-state index contributed by atoms with van der Waals surface area (Å²) in [5, 5.41) is 0.338. The molecule has 1 aromatic carbocycles. The second-order valence-corrected chi connectivity index (χ2v) is 5.08. The van der Waals surface area contributed by atoms with Gasteiger partial charge in [0, 0.05) is 17.7 Å². The number of alkyl halides is 1. The largest absolute Gasteiger partial charge is 0.493 e. The monoisotopic (exact) mass is 222 g/mol. The van der Waals surface area contributed by atoms with Crippen LogP contribution in [0, 0.1) is 0 Å². The molecule has 1 aliphatic carbocycles. The maximum Gasteiger partial charge on any atom is 0.122 e. The van der Waals surface area contributed by atoms with Crippen molar-refractivity contribution in [1.29, 1.82) is 0 Å². The normalized spacial score (nSPS) is 28.9. The first-order valence-electron chi connectivity index (χ1n) is 5.74. The molecule has 15 heavy (non-hydrogen) atoms. The lowest BCUT2D eigenvalue weighted by Crippen LogP contribution is -2.04. The highest BCUT2D eigenvalue weighted by molar-refractivity contribution is 6.21. The molecule has 1 fully saturated rings. The maximum atomic E-state index is 6.33. The minimum absolute atomic E-state index is 0.338. The van der Waals surface area contributed by atoms with Gasteiger partial charge in [-0.05, 0) is 30.0 Å². The number of ether oxygens (including phenoxy) is 1. The van der Waals surface area contributed by atoms with Gasteiger partial charge >= 0.3 is 0 Å². The van der Waals surface area contributed by atoms with Crippen LogP contribution in [-0.4, -0.2) is 12.0 Å². The van der Waals surface area contributed by atoms with Crippen molar-refractivity contribution in [2.24, 2.45) is 0 Å². The summed E-state index contributed by atoms with van der Waals surface area (Å²) in [5.74, 6) is 1.64. The molecule has 0 amide bonds. The summed E-state index contributed by atoms with van der Waals surface area (Å²) in [4.78, 5) is 0.